The molecule has 10 aliphatic rings. The van der Waals surface area contributed by atoms with E-state index >= 15 is 0 Å². The van der Waals surface area contributed by atoms with E-state index < -0.39 is 18.9 Å². The number of piperazine rings is 8. The fraction of sp³-hybridized carbons (Fsp3) is 0.922. The number of nitrogens with zero attached hydrogens (tertiary/aromatic N) is 19. The maximum atomic E-state index is 13.2. The molecule has 0 bridgehead atoms. The number of carbonyl (C=O) groups excluding carboxylic acids is 8. The number of hydrogen-bond donors (Lipinski definition) is 1. The number of nitrogens with one attached hydrogen (secondary N) is 1. The maximum absolute atomic E-state index is 13.2. The highest BCUT2D eigenvalue weighted by Crippen LogP contribution is 2.29. The molecule has 0 aromatic carbocycles. The minimum absolute atomic E-state index is 0.0160. The number of likely N-dealkylation sites (tertiary alicyclic amines) is 2. The van der Waals surface area contributed by atoms with Crippen molar-refractivity contribution in [3.8, 4) is 0 Å². The summed E-state index contributed by atoms with van der Waals surface area (Å²) >= 11 is 0. The second kappa shape index (κ2) is 59.1. The third kappa shape index (κ3) is 37.8. The Morgan fingerprint density at radius 2 is 0.593 bits per heavy atom. The molecule has 17 atom stereocenters. The summed E-state index contributed by atoms with van der Waals surface area (Å²) in [6, 6.07) is 11.4. The summed E-state index contributed by atoms with van der Waals surface area (Å²) < 4.78 is 39.9. The number of rotatable bonds is 15. The van der Waals surface area contributed by atoms with Crippen molar-refractivity contribution in [2.24, 2.45) is 5.92 Å². The molecule has 0 saturated carbocycles. The van der Waals surface area contributed by atoms with Crippen LogP contribution < -0.4 is 5.32 Å². The largest absolute Gasteiger partial charge is 0.450 e. The van der Waals surface area contributed by atoms with Gasteiger partial charge in [-0.2, -0.15) is 0 Å². The number of halogens is 2. The molecule has 10 saturated heterocycles. The average molecular weight is 1920 g/mol. The summed E-state index contributed by atoms with van der Waals surface area (Å²) in [5.41, 5.74) is 0. The van der Waals surface area contributed by atoms with Crippen molar-refractivity contribution < 1.29 is 61.3 Å². The van der Waals surface area contributed by atoms with Gasteiger partial charge in [-0.1, -0.05) is 13.8 Å². The first kappa shape index (κ1) is 123. The van der Waals surface area contributed by atoms with E-state index in [1.165, 1.54) is 12.8 Å². The minimum atomic E-state index is -0.837. The molecule has 0 spiro atoms. The molecule has 1 N–H and O–H groups in total. The van der Waals surface area contributed by atoms with E-state index in [0.29, 0.717) is 184 Å². The third-order valence-corrected chi connectivity index (χ3v) is 27.9. The van der Waals surface area contributed by atoms with E-state index in [9.17, 15) is 47.1 Å². The molecule has 12 amide bonds. The van der Waals surface area contributed by atoms with E-state index in [0.717, 1.165) is 105 Å². The van der Waals surface area contributed by atoms with Gasteiger partial charge in [-0.25, -0.2) is 37.5 Å². The van der Waals surface area contributed by atoms with Gasteiger partial charge in [0.05, 0.1) is 13.2 Å². The molecule has 10 heterocycles. The molecular formula is C102H202F2N20O11. The van der Waals surface area contributed by atoms with Gasteiger partial charge in [0.15, 0.2) is 0 Å². The third-order valence-electron chi connectivity index (χ3n) is 27.9. The van der Waals surface area contributed by atoms with Gasteiger partial charge >= 0.3 is 36.3 Å². The lowest BCUT2D eigenvalue weighted by Gasteiger charge is -2.47. The van der Waals surface area contributed by atoms with Gasteiger partial charge in [0.2, 0.25) is 11.8 Å². The Labute approximate surface area is 821 Å². The Hall–Kier alpha value is -5.94. The van der Waals surface area contributed by atoms with Gasteiger partial charge in [-0.05, 0) is 262 Å². The zero-order valence-corrected chi connectivity index (χ0v) is 92.9. The maximum Gasteiger partial charge on any atom is 0.409 e. The second-order valence-electron chi connectivity index (χ2n) is 43.8. The summed E-state index contributed by atoms with van der Waals surface area (Å²) in [7, 11) is 5.19. The predicted molar refractivity (Wildman–Crippen MR) is 546 cm³/mol. The monoisotopic (exact) mass is 1920 g/mol. The molecule has 10 fully saturated rings. The lowest BCUT2D eigenvalue weighted by Crippen LogP contribution is -2.61. The molecule has 0 aliphatic carbocycles. The van der Waals surface area contributed by atoms with Gasteiger partial charge in [0.1, 0.15) is 26.1 Å². The molecule has 1 unspecified atom stereocenters. The van der Waals surface area contributed by atoms with Gasteiger partial charge in [0, 0.05) is 303 Å². The molecule has 0 radical (unpaired) electrons. The topological polar surface area (TPSA) is 238 Å². The van der Waals surface area contributed by atoms with Crippen LogP contribution in [-0.2, 0) is 23.8 Å². The van der Waals surface area contributed by atoms with E-state index in [-0.39, 0.29) is 67.8 Å². The van der Waals surface area contributed by atoms with Gasteiger partial charge < -0.3 is 73.4 Å². The first-order valence-electron chi connectivity index (χ1n) is 52.2. The van der Waals surface area contributed by atoms with Crippen LogP contribution in [0.25, 0.3) is 0 Å². The smallest absolute Gasteiger partial charge is 0.409 e. The second-order valence-corrected chi connectivity index (χ2v) is 43.8. The Balaban J connectivity index is 0.000000398. The van der Waals surface area contributed by atoms with Gasteiger partial charge in [-0.15, -0.1) is 0 Å². The molecule has 10 aliphatic heterocycles. The summed E-state index contributed by atoms with van der Waals surface area (Å²) in [6.07, 6.45) is 1.42. The van der Waals surface area contributed by atoms with E-state index in [1.54, 1.807) is 21.8 Å². The molecule has 0 aromatic heterocycles. The highest BCUT2D eigenvalue weighted by atomic mass is 19.1. The predicted octanol–water partition coefficient (Wildman–Crippen LogP) is 14.1. The SMILES string of the molecule is CC(C)C(=O)N1C[C@@H](C)N(C(C)C)[C@@H](C)C1.CC(C)N1[C@H](C)CN(C(=O)N(C)C)C[C@@H]1C.CC(C)N1[C@H](C)CN(C(=O)N2CCC(F)C2)C[C@@H]1C.CC(C)N1[C@H](C)CN(C(=O)N2CCCC2)C[C@@H]1C.CC(C)N1[C@H](C)CN(C(=O)OCCF)C[C@@H]1C.CC(C)NC(=O)N1C[C@@H](C)N(C(C)C)[C@@H](C)C1.CCOC(=O)N1C[C@@H](C)N(C(C)C)[C@@H](C)C1.COCC(=O)N1C[C@@H](C)N(C(C)C)[C@@H](C)C1. The quantitative estimate of drug-likeness (QED) is 0.160. The van der Waals surface area contributed by atoms with Crippen molar-refractivity contribution in [3.05, 3.63) is 0 Å². The molecule has 33 heteroatoms. The van der Waals surface area contributed by atoms with Crippen LogP contribution in [0.5, 0.6) is 0 Å². The first-order chi connectivity index (χ1) is 62.8. The van der Waals surface area contributed by atoms with Crippen LogP contribution in [-0.4, -0.2) is 477 Å². The zero-order valence-electron chi connectivity index (χ0n) is 92.9. The number of ether oxygens (including phenoxy) is 3. The van der Waals surface area contributed by atoms with Crippen molar-refractivity contribution in [1.82, 2.24) is 98.4 Å². The zero-order chi connectivity index (χ0) is 103. The van der Waals surface area contributed by atoms with Gasteiger partial charge in [-0.3, -0.25) is 48.8 Å². The Kier molecular flexibility index (Phi) is 53.9. The van der Waals surface area contributed by atoms with Crippen LogP contribution in [0.4, 0.5) is 37.5 Å². The number of methoxy groups -OCH3 is 1. The van der Waals surface area contributed by atoms with Crippen molar-refractivity contribution in [2.45, 2.75) is 433 Å². The van der Waals surface area contributed by atoms with Gasteiger partial charge in [0.25, 0.3) is 0 Å². The lowest BCUT2D eigenvalue weighted by molar-refractivity contribution is -0.140. The summed E-state index contributed by atoms with van der Waals surface area (Å²) in [6.45, 7) is 95.4. The first-order valence-corrected chi connectivity index (χ1v) is 52.2. The summed E-state index contributed by atoms with van der Waals surface area (Å²) in [5.74, 6) is 0.511. The Morgan fingerprint density at radius 3 is 0.837 bits per heavy atom. The average Bonchev–Trinajstić information content (AvgIpc) is 1.70. The standard InChI is InChI=1S/C14H26FN3O.C14H27N3O.C13H27N3O.C13H26N2O.C12H23FN2O2.C12H25N3O.2C12H24N2O2/c1-10(2)18-11(3)7-17(8-12(18)4)14(19)16-6-5-13(15)9-16;1-11(2)17-12(3)9-16(10-13(17)4)14(18)15-7-5-6-8-15;1-9(2)14-13(17)15-7-11(5)16(10(3)4)12(6)8-15;1-9(2)13(16)14-7-11(5)15(10(3)4)12(6)8-14;1-9(2)15-10(3)7-14(8-11(15)4)12(16)17-6-5-13;1-9(2)15-10(3)7-14(8-11(15)4)12(16)13(5)6;1-9(2)14-10(3)6-13(7-11(14)4)12(15)8-16-5;1-6-16-12(15)13-7-10(4)14(9(2)3)11(5)8-13/h10-13H,5-9H2,1-4H3;11-13H,5-10H2,1-4H3;9-12H,7-8H2,1-6H3,(H,14,17);9-12H,7-8H2,1-6H3;9-11H,5-8H2,1-4H3;9-11H,7-8H2,1-6H3;2*9-11H,6-8H2,1-5H3/t11-,12+,13?;12-,13+;2*11-,12+;4*10-,11+. The van der Waals surface area contributed by atoms with E-state index in [2.05, 4.69) is 271 Å². The molecule has 790 valence electrons. The van der Waals surface area contributed by atoms with Crippen molar-refractivity contribution in [2.75, 3.05) is 179 Å². The molecular weight excluding hydrogens is 1720 g/mol. The number of hydrogen-bond acceptors (Lipinski definition) is 19. The van der Waals surface area contributed by atoms with Crippen LogP contribution in [0.15, 0.2) is 0 Å². The van der Waals surface area contributed by atoms with Crippen LogP contribution in [0.1, 0.15) is 275 Å². The number of urea groups is 4. The number of amides is 12. The van der Waals surface area contributed by atoms with Crippen molar-refractivity contribution in [3.63, 3.8) is 0 Å². The number of alkyl halides is 2. The van der Waals surface area contributed by atoms with Crippen LogP contribution >= 0.6 is 0 Å². The van der Waals surface area contributed by atoms with Crippen molar-refractivity contribution in [1.29, 1.82) is 0 Å². The van der Waals surface area contributed by atoms with Crippen LogP contribution in [0, 0.1) is 5.92 Å². The molecule has 31 nitrogen and oxygen atoms in total. The Morgan fingerprint density at radius 1 is 0.333 bits per heavy atom. The normalized spacial score (nSPS) is 28.4. The fourth-order valence-corrected chi connectivity index (χ4v) is 24.0. The lowest BCUT2D eigenvalue weighted by atomic mass is 10.0. The van der Waals surface area contributed by atoms with Crippen LogP contribution in [0.2, 0.25) is 0 Å². The fourth-order valence-electron chi connectivity index (χ4n) is 24.0. The molecule has 10 rings (SSSR count). The Bertz CT molecular complexity index is 3260. The van der Waals surface area contributed by atoms with E-state index in [1.807, 2.05) is 83.0 Å². The summed E-state index contributed by atoms with van der Waals surface area (Å²) in [4.78, 5) is 136. The van der Waals surface area contributed by atoms with E-state index in [4.69, 9.17) is 14.2 Å². The molecule has 135 heavy (non-hydrogen) atoms. The summed E-state index contributed by atoms with van der Waals surface area (Å²) in [5, 5.41) is 2.97. The van der Waals surface area contributed by atoms with Crippen LogP contribution in [0.3, 0.4) is 0 Å². The van der Waals surface area contributed by atoms with Crippen molar-refractivity contribution >= 4 is 48.1 Å². The highest BCUT2D eigenvalue weighted by molar-refractivity contribution is 5.79. The number of carbonyl (C=O) groups is 8. The highest BCUT2D eigenvalue weighted by Gasteiger charge is 2.43. The molecule has 0 aromatic rings. The minimum Gasteiger partial charge on any atom is -0.450 e.